The summed E-state index contributed by atoms with van der Waals surface area (Å²) < 4.78 is 13.3. The second kappa shape index (κ2) is 5.14. The van der Waals surface area contributed by atoms with Crippen LogP contribution in [0.2, 0.25) is 0 Å². The minimum Gasteiger partial charge on any atom is -0.396 e. The molecule has 0 saturated carbocycles. The Hall–Kier alpha value is -1.62. The Kier molecular flexibility index (Phi) is 3.58. The van der Waals surface area contributed by atoms with Gasteiger partial charge in [-0.15, -0.1) is 0 Å². The first-order chi connectivity index (χ1) is 8.20. The number of hydrogen-bond donors (Lipinski definition) is 2. The molecular weight excluding hydrogens is 221 g/mol. The van der Waals surface area contributed by atoms with Crippen LogP contribution in [0, 0.1) is 5.82 Å². The summed E-state index contributed by atoms with van der Waals surface area (Å²) in [6, 6.07) is 4.34. The number of nitrogens with one attached hydrogen (secondary N) is 1. The third-order valence-electron chi connectivity index (χ3n) is 2.91. The van der Waals surface area contributed by atoms with Gasteiger partial charge in [0, 0.05) is 19.6 Å². The Labute approximate surface area is 99.6 Å². The molecule has 5 heteroatoms. The summed E-state index contributed by atoms with van der Waals surface area (Å²) >= 11 is 0. The van der Waals surface area contributed by atoms with Crippen LogP contribution in [-0.2, 0) is 0 Å². The number of anilines is 1. The van der Waals surface area contributed by atoms with E-state index in [0.29, 0.717) is 13.1 Å². The summed E-state index contributed by atoms with van der Waals surface area (Å²) in [5.41, 5.74) is 5.79. The first-order valence-electron chi connectivity index (χ1n) is 5.74. The number of amides is 1. The predicted molar refractivity (Wildman–Crippen MR) is 64.2 cm³/mol. The van der Waals surface area contributed by atoms with E-state index in [1.807, 2.05) is 0 Å². The first kappa shape index (κ1) is 11.9. The van der Waals surface area contributed by atoms with E-state index in [2.05, 4.69) is 5.32 Å². The molecule has 0 aliphatic carbocycles. The molecule has 0 atom stereocenters. The molecule has 1 aromatic carbocycles. The van der Waals surface area contributed by atoms with Crippen LogP contribution in [0.5, 0.6) is 0 Å². The summed E-state index contributed by atoms with van der Waals surface area (Å²) in [7, 11) is 0. The van der Waals surface area contributed by atoms with Gasteiger partial charge in [-0.25, -0.2) is 4.39 Å². The second-order valence-corrected chi connectivity index (χ2v) is 4.10. The lowest BCUT2D eigenvalue weighted by Crippen LogP contribution is -2.34. The van der Waals surface area contributed by atoms with Gasteiger partial charge in [-0.3, -0.25) is 4.79 Å². The van der Waals surface area contributed by atoms with Gasteiger partial charge in [-0.1, -0.05) is 6.07 Å². The minimum atomic E-state index is -0.538. The second-order valence-electron chi connectivity index (χ2n) is 4.10. The third-order valence-corrected chi connectivity index (χ3v) is 2.91. The highest BCUT2D eigenvalue weighted by Gasteiger charge is 2.20. The fraction of sp³-hybridized carbons (Fsp3) is 0.417. The van der Waals surface area contributed by atoms with E-state index in [9.17, 15) is 9.18 Å². The van der Waals surface area contributed by atoms with Gasteiger partial charge >= 0.3 is 0 Å². The molecule has 92 valence electrons. The number of nitrogen functional groups attached to an aromatic ring is 1. The molecule has 0 radical (unpaired) electrons. The molecule has 1 fully saturated rings. The topological polar surface area (TPSA) is 58.4 Å². The zero-order valence-corrected chi connectivity index (χ0v) is 9.58. The van der Waals surface area contributed by atoms with Crippen molar-refractivity contribution in [1.82, 2.24) is 10.2 Å². The van der Waals surface area contributed by atoms with Crippen LogP contribution in [-0.4, -0.2) is 37.0 Å². The maximum Gasteiger partial charge on any atom is 0.256 e. The Balaban J connectivity index is 2.20. The first-order valence-corrected chi connectivity index (χ1v) is 5.74. The molecule has 17 heavy (non-hydrogen) atoms. The van der Waals surface area contributed by atoms with Crippen LogP contribution in [0.4, 0.5) is 10.1 Å². The molecule has 0 spiro atoms. The number of benzene rings is 1. The van der Waals surface area contributed by atoms with E-state index in [1.165, 1.54) is 12.1 Å². The fourth-order valence-corrected chi connectivity index (χ4v) is 1.94. The molecular formula is C12H16FN3O. The smallest absolute Gasteiger partial charge is 0.256 e. The van der Waals surface area contributed by atoms with Gasteiger partial charge in [0.05, 0.1) is 11.3 Å². The molecule has 4 nitrogen and oxygen atoms in total. The number of rotatable bonds is 1. The molecule has 1 amide bonds. The van der Waals surface area contributed by atoms with Crippen molar-refractivity contribution in [3.8, 4) is 0 Å². The number of nitrogens with two attached hydrogens (primary N) is 1. The SMILES string of the molecule is Nc1c(F)cccc1C(=O)N1CCCNCC1. The Morgan fingerprint density at radius 2 is 2.18 bits per heavy atom. The number of carbonyl (C=O) groups is 1. The van der Waals surface area contributed by atoms with Crippen molar-refractivity contribution in [2.24, 2.45) is 0 Å². The van der Waals surface area contributed by atoms with Crippen molar-refractivity contribution < 1.29 is 9.18 Å². The van der Waals surface area contributed by atoms with Crippen LogP contribution >= 0.6 is 0 Å². The highest BCUT2D eigenvalue weighted by Crippen LogP contribution is 2.18. The van der Waals surface area contributed by atoms with E-state index < -0.39 is 5.82 Å². The van der Waals surface area contributed by atoms with Crippen LogP contribution in [0.25, 0.3) is 0 Å². The summed E-state index contributed by atoms with van der Waals surface area (Å²) in [6.07, 6.45) is 0.904. The maximum atomic E-state index is 13.3. The minimum absolute atomic E-state index is 0.0605. The van der Waals surface area contributed by atoms with E-state index in [-0.39, 0.29) is 17.2 Å². The van der Waals surface area contributed by atoms with Crippen molar-refractivity contribution >= 4 is 11.6 Å². The van der Waals surface area contributed by atoms with Gasteiger partial charge in [0.2, 0.25) is 0 Å². The maximum absolute atomic E-state index is 13.3. The molecule has 0 unspecified atom stereocenters. The van der Waals surface area contributed by atoms with E-state index >= 15 is 0 Å². The highest BCUT2D eigenvalue weighted by molar-refractivity contribution is 5.99. The van der Waals surface area contributed by atoms with Gasteiger partial charge in [0.25, 0.3) is 5.91 Å². The fourth-order valence-electron chi connectivity index (χ4n) is 1.94. The molecule has 1 aromatic rings. The largest absolute Gasteiger partial charge is 0.396 e. The normalized spacial score (nSPS) is 16.6. The van der Waals surface area contributed by atoms with Crippen molar-refractivity contribution in [2.75, 3.05) is 31.9 Å². The number of carbonyl (C=O) groups excluding carboxylic acids is 1. The Morgan fingerprint density at radius 3 is 3.00 bits per heavy atom. The zero-order valence-electron chi connectivity index (χ0n) is 9.58. The number of para-hydroxylation sites is 1. The van der Waals surface area contributed by atoms with Gasteiger partial charge < -0.3 is 16.0 Å². The average Bonchev–Trinajstić information content (AvgIpc) is 2.60. The quantitative estimate of drug-likeness (QED) is 0.712. The third kappa shape index (κ3) is 2.55. The standard InChI is InChI=1S/C12H16FN3O/c13-10-4-1-3-9(11(10)14)12(17)16-7-2-5-15-6-8-16/h1,3-4,15H,2,5-8,14H2. The van der Waals surface area contributed by atoms with Crippen molar-refractivity contribution in [1.29, 1.82) is 0 Å². The summed E-state index contributed by atoms with van der Waals surface area (Å²) in [6.45, 7) is 2.99. The molecule has 1 heterocycles. The van der Waals surface area contributed by atoms with Crippen molar-refractivity contribution in [3.63, 3.8) is 0 Å². The van der Waals surface area contributed by atoms with E-state index in [1.54, 1.807) is 11.0 Å². The van der Waals surface area contributed by atoms with Crippen LogP contribution in [0.1, 0.15) is 16.8 Å². The number of halogens is 1. The Morgan fingerprint density at radius 1 is 1.35 bits per heavy atom. The van der Waals surface area contributed by atoms with Gasteiger partial charge in [0.15, 0.2) is 0 Å². The van der Waals surface area contributed by atoms with Gasteiger partial charge in [0.1, 0.15) is 5.82 Å². The van der Waals surface area contributed by atoms with E-state index in [4.69, 9.17) is 5.73 Å². The van der Waals surface area contributed by atoms with Gasteiger partial charge in [-0.05, 0) is 25.1 Å². The summed E-state index contributed by atoms with van der Waals surface area (Å²) in [4.78, 5) is 13.9. The zero-order chi connectivity index (χ0) is 12.3. The van der Waals surface area contributed by atoms with Gasteiger partial charge in [-0.2, -0.15) is 0 Å². The number of nitrogens with zero attached hydrogens (tertiary/aromatic N) is 1. The lowest BCUT2D eigenvalue weighted by molar-refractivity contribution is 0.0767. The molecule has 2 rings (SSSR count). The summed E-state index contributed by atoms with van der Waals surface area (Å²) in [5, 5.41) is 3.21. The lowest BCUT2D eigenvalue weighted by Gasteiger charge is -2.20. The van der Waals surface area contributed by atoms with Crippen molar-refractivity contribution in [3.05, 3.63) is 29.6 Å². The van der Waals surface area contributed by atoms with Crippen LogP contribution in [0.3, 0.4) is 0 Å². The number of hydrogen-bond acceptors (Lipinski definition) is 3. The Bertz CT molecular complexity index is 414. The predicted octanol–water partition coefficient (Wildman–Crippen LogP) is 0.843. The molecule has 1 aliphatic heterocycles. The summed E-state index contributed by atoms with van der Waals surface area (Å²) in [5.74, 6) is -0.727. The molecule has 1 saturated heterocycles. The van der Waals surface area contributed by atoms with Crippen molar-refractivity contribution in [2.45, 2.75) is 6.42 Å². The molecule has 0 bridgehead atoms. The van der Waals surface area contributed by atoms with Crippen LogP contribution < -0.4 is 11.1 Å². The van der Waals surface area contributed by atoms with E-state index in [0.717, 1.165) is 19.5 Å². The average molecular weight is 237 g/mol. The van der Waals surface area contributed by atoms with Crippen LogP contribution in [0.15, 0.2) is 18.2 Å². The highest BCUT2D eigenvalue weighted by atomic mass is 19.1. The molecule has 3 N–H and O–H groups in total. The molecule has 0 aromatic heterocycles. The molecule has 1 aliphatic rings. The lowest BCUT2D eigenvalue weighted by atomic mass is 10.1. The monoisotopic (exact) mass is 237 g/mol.